The van der Waals surface area contributed by atoms with Crippen molar-refractivity contribution < 1.29 is 17.9 Å². The van der Waals surface area contributed by atoms with Gasteiger partial charge in [0.05, 0.1) is 24.2 Å². The molecule has 1 heterocycles. The van der Waals surface area contributed by atoms with Crippen LogP contribution in [0.2, 0.25) is 5.02 Å². The van der Waals surface area contributed by atoms with Gasteiger partial charge in [0.1, 0.15) is 0 Å². The number of amides is 1. The molecule has 1 aliphatic rings. The highest BCUT2D eigenvalue weighted by molar-refractivity contribution is 7.89. The van der Waals surface area contributed by atoms with Gasteiger partial charge in [0.15, 0.2) is 0 Å². The SMILES string of the molecule is C[C@H](NS(=O)(=O)c1ccc(Cl)cc1)C(=O)Nc1cccc(N2CCOCC2)c1. The van der Waals surface area contributed by atoms with Gasteiger partial charge in [-0.15, -0.1) is 0 Å². The Morgan fingerprint density at radius 2 is 1.82 bits per heavy atom. The van der Waals surface area contributed by atoms with Gasteiger partial charge in [-0.05, 0) is 49.4 Å². The fourth-order valence-electron chi connectivity index (χ4n) is 2.82. The van der Waals surface area contributed by atoms with Gasteiger partial charge < -0.3 is 15.0 Å². The van der Waals surface area contributed by atoms with E-state index < -0.39 is 22.0 Å². The topological polar surface area (TPSA) is 87.7 Å². The highest BCUT2D eigenvalue weighted by Crippen LogP contribution is 2.21. The number of carbonyl (C=O) groups excluding carboxylic acids is 1. The molecule has 7 nitrogen and oxygen atoms in total. The van der Waals surface area contributed by atoms with Gasteiger partial charge in [-0.1, -0.05) is 17.7 Å². The second-order valence-corrected chi connectivity index (χ2v) is 8.59. The summed E-state index contributed by atoms with van der Waals surface area (Å²) in [6.07, 6.45) is 0. The Bertz CT molecular complexity index is 928. The summed E-state index contributed by atoms with van der Waals surface area (Å²) in [6, 6.07) is 12.2. The van der Waals surface area contributed by atoms with Crippen molar-refractivity contribution in [3.05, 3.63) is 53.6 Å². The number of nitrogens with one attached hydrogen (secondary N) is 2. The lowest BCUT2D eigenvalue weighted by atomic mass is 10.2. The van der Waals surface area contributed by atoms with Gasteiger partial charge in [-0.25, -0.2) is 8.42 Å². The Labute approximate surface area is 169 Å². The van der Waals surface area contributed by atoms with Crippen LogP contribution in [0.4, 0.5) is 11.4 Å². The largest absolute Gasteiger partial charge is 0.378 e. The summed E-state index contributed by atoms with van der Waals surface area (Å²) in [4.78, 5) is 14.7. The molecule has 1 atom stereocenters. The molecule has 0 aromatic heterocycles. The number of morpholine rings is 1. The zero-order valence-corrected chi connectivity index (χ0v) is 17.0. The van der Waals surface area contributed by atoms with Crippen LogP contribution >= 0.6 is 11.6 Å². The Morgan fingerprint density at radius 3 is 2.50 bits per heavy atom. The smallest absolute Gasteiger partial charge is 0.242 e. The van der Waals surface area contributed by atoms with Gasteiger partial charge in [-0.2, -0.15) is 4.72 Å². The molecule has 2 aromatic carbocycles. The third-order valence-corrected chi connectivity index (χ3v) is 6.15. The van der Waals surface area contributed by atoms with E-state index in [1.807, 2.05) is 18.2 Å². The minimum Gasteiger partial charge on any atom is -0.378 e. The molecule has 0 spiro atoms. The maximum Gasteiger partial charge on any atom is 0.242 e. The monoisotopic (exact) mass is 423 g/mol. The number of halogens is 1. The lowest BCUT2D eigenvalue weighted by Crippen LogP contribution is -2.41. The van der Waals surface area contributed by atoms with Crippen LogP contribution in [0.5, 0.6) is 0 Å². The van der Waals surface area contributed by atoms with E-state index in [1.165, 1.54) is 31.2 Å². The van der Waals surface area contributed by atoms with Crippen LogP contribution in [-0.2, 0) is 19.6 Å². The predicted molar refractivity (Wildman–Crippen MR) is 109 cm³/mol. The molecule has 0 saturated carbocycles. The summed E-state index contributed by atoms with van der Waals surface area (Å²) in [6.45, 7) is 4.40. The number of ether oxygens (including phenoxy) is 1. The molecule has 0 bridgehead atoms. The number of sulfonamides is 1. The third-order valence-electron chi connectivity index (χ3n) is 4.34. The molecule has 150 valence electrons. The summed E-state index contributed by atoms with van der Waals surface area (Å²) in [7, 11) is -3.83. The zero-order valence-electron chi connectivity index (χ0n) is 15.4. The maximum atomic E-state index is 12.5. The van der Waals surface area contributed by atoms with Crippen molar-refractivity contribution in [2.24, 2.45) is 0 Å². The van der Waals surface area contributed by atoms with Crippen molar-refractivity contribution in [1.29, 1.82) is 0 Å². The van der Waals surface area contributed by atoms with E-state index in [4.69, 9.17) is 16.3 Å². The third kappa shape index (κ3) is 5.23. The molecule has 2 N–H and O–H groups in total. The summed E-state index contributed by atoms with van der Waals surface area (Å²) >= 11 is 5.79. The van der Waals surface area contributed by atoms with Gasteiger partial charge >= 0.3 is 0 Å². The highest BCUT2D eigenvalue weighted by atomic mass is 35.5. The molecule has 1 aliphatic heterocycles. The van der Waals surface area contributed by atoms with Crippen molar-refractivity contribution in [2.45, 2.75) is 17.9 Å². The number of benzene rings is 2. The lowest BCUT2D eigenvalue weighted by molar-refractivity contribution is -0.117. The molecule has 9 heteroatoms. The quantitative estimate of drug-likeness (QED) is 0.745. The Balaban J connectivity index is 1.64. The normalized spacial score (nSPS) is 15.9. The summed E-state index contributed by atoms with van der Waals surface area (Å²) in [5.74, 6) is -0.448. The van der Waals surface area contributed by atoms with E-state index in [0.717, 1.165) is 18.8 Å². The fraction of sp³-hybridized carbons (Fsp3) is 0.316. The van der Waals surface area contributed by atoms with E-state index >= 15 is 0 Å². The number of nitrogens with zero attached hydrogens (tertiary/aromatic N) is 1. The average Bonchev–Trinajstić information content (AvgIpc) is 2.69. The molecule has 0 radical (unpaired) electrons. The maximum absolute atomic E-state index is 12.5. The second kappa shape index (κ2) is 8.91. The first-order chi connectivity index (χ1) is 13.3. The van der Waals surface area contributed by atoms with Gasteiger partial charge in [0.25, 0.3) is 0 Å². The Morgan fingerprint density at radius 1 is 1.14 bits per heavy atom. The number of rotatable bonds is 6. The number of carbonyl (C=O) groups is 1. The van der Waals surface area contributed by atoms with E-state index in [2.05, 4.69) is 14.9 Å². The molecule has 3 rings (SSSR count). The minimum atomic E-state index is -3.83. The predicted octanol–water partition coefficient (Wildman–Crippen LogP) is 2.48. The van der Waals surface area contributed by atoms with E-state index in [1.54, 1.807) is 6.07 Å². The van der Waals surface area contributed by atoms with Crippen molar-refractivity contribution in [2.75, 3.05) is 36.5 Å². The minimum absolute atomic E-state index is 0.0471. The van der Waals surface area contributed by atoms with Crippen LogP contribution in [0.25, 0.3) is 0 Å². The first-order valence-corrected chi connectivity index (χ1v) is 10.7. The molecule has 0 unspecified atom stereocenters. The van der Waals surface area contributed by atoms with Crippen molar-refractivity contribution in [3.63, 3.8) is 0 Å². The summed E-state index contributed by atoms with van der Waals surface area (Å²) < 4.78 is 32.6. The molecular formula is C19H22ClN3O4S. The van der Waals surface area contributed by atoms with E-state index in [9.17, 15) is 13.2 Å². The first-order valence-electron chi connectivity index (χ1n) is 8.87. The molecule has 1 fully saturated rings. The van der Waals surface area contributed by atoms with Crippen LogP contribution in [0.1, 0.15) is 6.92 Å². The zero-order chi connectivity index (χ0) is 20.1. The standard InChI is InChI=1S/C19H22ClN3O4S/c1-14(22-28(25,26)18-7-5-15(20)6-8-18)19(24)21-16-3-2-4-17(13-16)23-9-11-27-12-10-23/h2-8,13-14,22H,9-12H2,1H3,(H,21,24)/t14-/m0/s1. The summed E-state index contributed by atoms with van der Waals surface area (Å²) in [5.41, 5.74) is 1.59. The fourth-order valence-corrected chi connectivity index (χ4v) is 4.15. The molecule has 1 amide bonds. The molecule has 1 saturated heterocycles. The highest BCUT2D eigenvalue weighted by Gasteiger charge is 2.22. The van der Waals surface area contributed by atoms with E-state index in [-0.39, 0.29) is 4.90 Å². The molecule has 28 heavy (non-hydrogen) atoms. The first kappa shape index (κ1) is 20.6. The van der Waals surface area contributed by atoms with Gasteiger partial charge in [0, 0.05) is 29.5 Å². The van der Waals surface area contributed by atoms with Crippen LogP contribution in [0.3, 0.4) is 0 Å². The average molecular weight is 424 g/mol. The van der Waals surface area contributed by atoms with Gasteiger partial charge in [0.2, 0.25) is 15.9 Å². The van der Waals surface area contributed by atoms with E-state index in [0.29, 0.717) is 23.9 Å². The van der Waals surface area contributed by atoms with Crippen LogP contribution < -0.4 is 14.9 Å². The molecule has 0 aliphatic carbocycles. The Kier molecular flexibility index (Phi) is 6.56. The van der Waals surface area contributed by atoms with Crippen molar-refractivity contribution in [1.82, 2.24) is 4.72 Å². The Hall–Kier alpha value is -2.13. The van der Waals surface area contributed by atoms with Crippen molar-refractivity contribution >= 4 is 38.9 Å². The lowest BCUT2D eigenvalue weighted by Gasteiger charge is -2.29. The van der Waals surface area contributed by atoms with Crippen LogP contribution in [0, 0.1) is 0 Å². The van der Waals surface area contributed by atoms with Crippen molar-refractivity contribution in [3.8, 4) is 0 Å². The molecular weight excluding hydrogens is 402 g/mol. The second-order valence-electron chi connectivity index (χ2n) is 6.44. The molecule has 2 aromatic rings. The summed E-state index contributed by atoms with van der Waals surface area (Å²) in [5, 5.41) is 3.19. The van der Waals surface area contributed by atoms with Crippen LogP contribution in [0.15, 0.2) is 53.4 Å². The van der Waals surface area contributed by atoms with Gasteiger partial charge in [-0.3, -0.25) is 4.79 Å². The number of anilines is 2. The number of hydrogen-bond donors (Lipinski definition) is 2. The number of hydrogen-bond acceptors (Lipinski definition) is 5. The van der Waals surface area contributed by atoms with Crippen LogP contribution in [-0.4, -0.2) is 46.7 Å².